The van der Waals surface area contributed by atoms with Crippen molar-refractivity contribution in [3.8, 4) is 5.69 Å². The molecule has 0 radical (unpaired) electrons. The van der Waals surface area contributed by atoms with Gasteiger partial charge < -0.3 is 4.90 Å². The highest BCUT2D eigenvalue weighted by Crippen LogP contribution is 2.26. The molecule has 1 aliphatic rings. The first-order chi connectivity index (χ1) is 16.3. The number of nitro benzene ring substituents is 1. The first-order valence-electron chi connectivity index (χ1n) is 10.2. The van der Waals surface area contributed by atoms with Gasteiger partial charge in [-0.2, -0.15) is 8.99 Å². The summed E-state index contributed by atoms with van der Waals surface area (Å²) >= 11 is 5.97. The summed E-state index contributed by atoms with van der Waals surface area (Å²) in [6.45, 7) is 1.20. The number of aromatic nitrogens is 5. The molecule has 0 saturated carbocycles. The molecule has 12 nitrogen and oxygen atoms in total. The number of sulfonamides is 1. The van der Waals surface area contributed by atoms with Crippen molar-refractivity contribution in [2.24, 2.45) is 0 Å². The molecule has 5 rings (SSSR count). The SMILES string of the molecule is O=[N+]([O-])c1ccc(S(=O)(=O)N2CCN(c3ncnc4c3nnn4-c3ccc(Cl)cc3)CC2)cc1. The first-order valence-corrected chi connectivity index (χ1v) is 12.0. The monoisotopic (exact) mass is 500 g/mol. The lowest BCUT2D eigenvalue weighted by molar-refractivity contribution is -0.384. The number of rotatable bonds is 5. The number of anilines is 1. The largest absolute Gasteiger partial charge is 0.352 e. The van der Waals surface area contributed by atoms with Crippen LogP contribution in [-0.2, 0) is 10.0 Å². The van der Waals surface area contributed by atoms with E-state index in [9.17, 15) is 18.5 Å². The quantitative estimate of drug-likeness (QED) is 0.298. The zero-order chi connectivity index (χ0) is 23.9. The van der Waals surface area contributed by atoms with E-state index in [0.717, 1.165) is 5.69 Å². The van der Waals surface area contributed by atoms with E-state index in [4.69, 9.17) is 11.6 Å². The maximum atomic E-state index is 13.0. The van der Waals surface area contributed by atoms with Gasteiger partial charge in [-0.25, -0.2) is 18.4 Å². The van der Waals surface area contributed by atoms with Crippen LogP contribution in [0.5, 0.6) is 0 Å². The topological polar surface area (TPSA) is 140 Å². The Morgan fingerprint density at radius 3 is 2.26 bits per heavy atom. The number of hydrogen-bond acceptors (Lipinski definition) is 9. The first kappa shape index (κ1) is 22.1. The molecule has 0 aliphatic carbocycles. The fourth-order valence-electron chi connectivity index (χ4n) is 3.75. The number of non-ortho nitro benzene ring substituents is 1. The Balaban J connectivity index is 1.36. The van der Waals surface area contributed by atoms with Crippen LogP contribution < -0.4 is 4.90 Å². The molecule has 1 saturated heterocycles. The van der Waals surface area contributed by atoms with E-state index >= 15 is 0 Å². The Hall–Kier alpha value is -3.68. The molecule has 2 aromatic heterocycles. The number of halogens is 1. The Kier molecular flexibility index (Phi) is 5.59. The van der Waals surface area contributed by atoms with Crippen molar-refractivity contribution in [1.29, 1.82) is 0 Å². The molecule has 3 heterocycles. The number of piperazine rings is 1. The van der Waals surface area contributed by atoms with Crippen LogP contribution in [0.15, 0.2) is 59.8 Å². The number of hydrogen-bond donors (Lipinski definition) is 0. The third-order valence-corrected chi connectivity index (χ3v) is 7.68. The third kappa shape index (κ3) is 3.93. The average Bonchev–Trinajstić information content (AvgIpc) is 3.29. The van der Waals surface area contributed by atoms with Gasteiger partial charge in [-0.15, -0.1) is 5.10 Å². The normalized spacial score (nSPS) is 15.0. The van der Waals surface area contributed by atoms with Crippen molar-refractivity contribution < 1.29 is 13.3 Å². The van der Waals surface area contributed by atoms with Crippen LogP contribution in [0, 0.1) is 10.1 Å². The van der Waals surface area contributed by atoms with Gasteiger partial charge in [-0.05, 0) is 36.4 Å². The lowest BCUT2D eigenvalue weighted by Crippen LogP contribution is -2.49. The maximum Gasteiger partial charge on any atom is 0.269 e. The number of nitrogens with zero attached hydrogens (tertiary/aromatic N) is 8. The molecule has 0 bridgehead atoms. The highest BCUT2D eigenvalue weighted by Gasteiger charge is 2.30. The zero-order valence-electron chi connectivity index (χ0n) is 17.5. The van der Waals surface area contributed by atoms with E-state index in [0.29, 0.717) is 35.1 Å². The van der Waals surface area contributed by atoms with Gasteiger partial charge >= 0.3 is 0 Å². The zero-order valence-corrected chi connectivity index (χ0v) is 19.1. The minimum atomic E-state index is -3.78. The highest BCUT2D eigenvalue weighted by atomic mass is 35.5. The van der Waals surface area contributed by atoms with E-state index in [1.165, 1.54) is 34.9 Å². The number of benzene rings is 2. The summed E-state index contributed by atoms with van der Waals surface area (Å²) in [5.41, 5.74) is 1.61. The van der Waals surface area contributed by atoms with E-state index < -0.39 is 14.9 Å². The lowest BCUT2D eigenvalue weighted by Gasteiger charge is -2.34. The van der Waals surface area contributed by atoms with Crippen molar-refractivity contribution in [3.05, 3.63) is 70.0 Å². The highest BCUT2D eigenvalue weighted by molar-refractivity contribution is 7.89. The van der Waals surface area contributed by atoms with Gasteiger partial charge in [0.15, 0.2) is 17.0 Å². The third-order valence-electron chi connectivity index (χ3n) is 5.51. The summed E-state index contributed by atoms with van der Waals surface area (Å²) in [6.07, 6.45) is 1.42. The van der Waals surface area contributed by atoms with Crippen molar-refractivity contribution >= 4 is 44.3 Å². The molecule has 174 valence electrons. The molecule has 2 aromatic carbocycles. The van der Waals surface area contributed by atoms with Crippen molar-refractivity contribution in [2.75, 3.05) is 31.1 Å². The molecule has 0 atom stereocenters. The Labute approximate surface area is 198 Å². The van der Waals surface area contributed by atoms with E-state index in [2.05, 4.69) is 20.3 Å². The summed E-state index contributed by atoms with van der Waals surface area (Å²) in [4.78, 5) is 20.9. The van der Waals surface area contributed by atoms with Gasteiger partial charge in [0.05, 0.1) is 15.5 Å². The van der Waals surface area contributed by atoms with Crippen molar-refractivity contribution in [1.82, 2.24) is 29.3 Å². The van der Waals surface area contributed by atoms with Gasteiger partial charge in [0.1, 0.15) is 6.33 Å². The van der Waals surface area contributed by atoms with E-state index in [1.807, 2.05) is 4.90 Å². The van der Waals surface area contributed by atoms with Crippen LogP contribution in [0.2, 0.25) is 5.02 Å². The second kappa shape index (κ2) is 8.59. The average molecular weight is 501 g/mol. The Bertz CT molecular complexity index is 1470. The maximum absolute atomic E-state index is 13.0. The smallest absolute Gasteiger partial charge is 0.269 e. The molecule has 0 N–H and O–H groups in total. The van der Waals surface area contributed by atoms with Crippen LogP contribution in [-0.4, -0.2) is 68.8 Å². The van der Waals surface area contributed by atoms with Crippen LogP contribution in [0.1, 0.15) is 0 Å². The molecular weight excluding hydrogens is 484 g/mol. The lowest BCUT2D eigenvalue weighted by atomic mass is 10.3. The predicted molar refractivity (Wildman–Crippen MR) is 124 cm³/mol. The minimum absolute atomic E-state index is 0.0156. The van der Waals surface area contributed by atoms with Gasteiger partial charge in [0, 0.05) is 43.3 Å². The molecule has 1 aliphatic heterocycles. The molecule has 0 spiro atoms. The van der Waals surface area contributed by atoms with Crippen molar-refractivity contribution in [2.45, 2.75) is 4.90 Å². The van der Waals surface area contributed by atoms with Crippen LogP contribution in [0.4, 0.5) is 11.5 Å². The van der Waals surface area contributed by atoms with E-state index in [-0.39, 0.29) is 23.7 Å². The van der Waals surface area contributed by atoms with Crippen LogP contribution in [0.25, 0.3) is 16.9 Å². The summed E-state index contributed by atoms with van der Waals surface area (Å²) in [7, 11) is -3.78. The number of fused-ring (bicyclic) bond motifs is 1. The van der Waals surface area contributed by atoms with Gasteiger partial charge in [0.25, 0.3) is 5.69 Å². The molecule has 0 amide bonds. The molecule has 14 heteroatoms. The fourth-order valence-corrected chi connectivity index (χ4v) is 5.30. The Morgan fingerprint density at radius 2 is 1.62 bits per heavy atom. The Morgan fingerprint density at radius 1 is 0.941 bits per heavy atom. The second-order valence-corrected chi connectivity index (χ2v) is 9.86. The fraction of sp³-hybridized carbons (Fsp3) is 0.200. The molecule has 4 aromatic rings. The second-order valence-electron chi connectivity index (χ2n) is 7.49. The van der Waals surface area contributed by atoms with Gasteiger partial charge in [-0.1, -0.05) is 16.8 Å². The standard InChI is InChI=1S/C20H17ClN8O4S/c21-14-1-3-15(4-2-14)28-20-18(24-25-28)19(22-13-23-20)26-9-11-27(12-10-26)34(32,33)17-7-5-16(6-8-17)29(30)31/h1-8,13H,9-12H2. The van der Waals surface area contributed by atoms with Crippen LogP contribution in [0.3, 0.4) is 0 Å². The molecular formula is C20H17ClN8O4S. The minimum Gasteiger partial charge on any atom is -0.352 e. The summed E-state index contributed by atoms with van der Waals surface area (Å²) in [5.74, 6) is 0.567. The summed E-state index contributed by atoms with van der Waals surface area (Å²) in [6, 6.07) is 12.0. The van der Waals surface area contributed by atoms with E-state index in [1.54, 1.807) is 28.9 Å². The molecule has 0 unspecified atom stereocenters. The van der Waals surface area contributed by atoms with Crippen molar-refractivity contribution in [3.63, 3.8) is 0 Å². The molecule has 34 heavy (non-hydrogen) atoms. The van der Waals surface area contributed by atoms with Gasteiger partial charge in [0.2, 0.25) is 10.0 Å². The molecule has 1 fully saturated rings. The number of nitro groups is 1. The predicted octanol–water partition coefficient (Wildman–Crippen LogP) is 2.28. The summed E-state index contributed by atoms with van der Waals surface area (Å²) < 4.78 is 28.9. The van der Waals surface area contributed by atoms with Gasteiger partial charge in [-0.3, -0.25) is 10.1 Å². The van der Waals surface area contributed by atoms with Crippen LogP contribution >= 0.6 is 11.6 Å². The summed E-state index contributed by atoms with van der Waals surface area (Å²) in [5, 5.41) is 19.9.